The van der Waals surface area contributed by atoms with E-state index in [-0.39, 0.29) is 41.9 Å². The lowest BCUT2D eigenvalue weighted by Crippen LogP contribution is -2.52. The lowest BCUT2D eigenvalue weighted by Gasteiger charge is -2.34. The van der Waals surface area contributed by atoms with Gasteiger partial charge in [-0.1, -0.05) is 18.2 Å². The zero-order valence-electron chi connectivity index (χ0n) is 12.9. The number of para-hydroxylation sites is 1. The van der Waals surface area contributed by atoms with Gasteiger partial charge in [0.1, 0.15) is 5.75 Å². The van der Waals surface area contributed by atoms with Gasteiger partial charge < -0.3 is 15.0 Å². The smallest absolute Gasteiger partial charge is 0.387 e. The SMILES string of the molecule is C[C@H]1CNCCN1C(=O)C1CC1c1ccccc1OC(F)F.Cl. The number of carbonyl (C=O) groups excluding carboxylic acids is 1. The van der Waals surface area contributed by atoms with Gasteiger partial charge in [-0.15, -0.1) is 12.4 Å². The van der Waals surface area contributed by atoms with E-state index in [2.05, 4.69) is 10.1 Å². The second-order valence-electron chi connectivity index (χ2n) is 5.95. The van der Waals surface area contributed by atoms with Crippen LogP contribution in [0.4, 0.5) is 8.78 Å². The molecule has 0 bridgehead atoms. The molecule has 2 fully saturated rings. The molecule has 1 aliphatic heterocycles. The molecule has 1 heterocycles. The van der Waals surface area contributed by atoms with Crippen LogP contribution in [0.25, 0.3) is 0 Å². The normalized spacial score (nSPS) is 26.6. The van der Waals surface area contributed by atoms with Crippen molar-refractivity contribution in [3.63, 3.8) is 0 Å². The average Bonchev–Trinajstić information content (AvgIpc) is 3.27. The van der Waals surface area contributed by atoms with Gasteiger partial charge in [0.2, 0.25) is 5.91 Å². The summed E-state index contributed by atoms with van der Waals surface area (Å²) in [6.45, 7) is 1.49. The highest BCUT2D eigenvalue weighted by Crippen LogP contribution is 2.51. The first-order valence-corrected chi connectivity index (χ1v) is 7.63. The summed E-state index contributed by atoms with van der Waals surface area (Å²) >= 11 is 0. The molecular formula is C16H21ClF2N2O2. The topological polar surface area (TPSA) is 41.6 Å². The summed E-state index contributed by atoms with van der Waals surface area (Å²) in [5, 5.41) is 3.26. The molecular weight excluding hydrogens is 326 g/mol. The predicted octanol–water partition coefficient (Wildman–Crippen LogP) is 2.63. The first-order valence-electron chi connectivity index (χ1n) is 7.63. The summed E-state index contributed by atoms with van der Waals surface area (Å²) in [7, 11) is 0. The second kappa shape index (κ2) is 7.45. The van der Waals surface area contributed by atoms with Gasteiger partial charge >= 0.3 is 6.61 Å². The van der Waals surface area contributed by atoms with Crippen molar-refractivity contribution in [2.24, 2.45) is 5.92 Å². The first kappa shape index (κ1) is 17.9. The first-order chi connectivity index (χ1) is 10.6. The number of ether oxygens (including phenoxy) is 1. The van der Waals surface area contributed by atoms with E-state index in [0.29, 0.717) is 18.5 Å². The fraction of sp³-hybridized carbons (Fsp3) is 0.562. The van der Waals surface area contributed by atoms with E-state index in [0.717, 1.165) is 13.1 Å². The van der Waals surface area contributed by atoms with Crippen LogP contribution >= 0.6 is 12.4 Å². The van der Waals surface area contributed by atoms with Crippen molar-refractivity contribution < 1.29 is 18.3 Å². The van der Waals surface area contributed by atoms with Crippen LogP contribution in [0.2, 0.25) is 0 Å². The van der Waals surface area contributed by atoms with E-state index in [4.69, 9.17) is 0 Å². The van der Waals surface area contributed by atoms with Crippen LogP contribution in [0.3, 0.4) is 0 Å². The summed E-state index contributed by atoms with van der Waals surface area (Å²) in [6, 6.07) is 6.95. The molecule has 2 unspecified atom stereocenters. The van der Waals surface area contributed by atoms with Gasteiger partial charge in [0.25, 0.3) is 0 Å². The number of alkyl halides is 2. The zero-order chi connectivity index (χ0) is 15.7. The van der Waals surface area contributed by atoms with E-state index in [1.54, 1.807) is 18.2 Å². The number of hydrogen-bond donors (Lipinski definition) is 1. The van der Waals surface area contributed by atoms with E-state index < -0.39 is 6.61 Å². The molecule has 1 saturated heterocycles. The Bertz CT molecular complexity index is 559. The third-order valence-corrected chi connectivity index (χ3v) is 4.43. The van der Waals surface area contributed by atoms with Gasteiger partial charge in [-0.3, -0.25) is 4.79 Å². The van der Waals surface area contributed by atoms with Gasteiger partial charge in [0.15, 0.2) is 0 Å². The molecule has 3 rings (SSSR count). The van der Waals surface area contributed by atoms with E-state index in [1.807, 2.05) is 11.8 Å². The van der Waals surface area contributed by atoms with Crippen molar-refractivity contribution in [3.05, 3.63) is 29.8 Å². The molecule has 1 N–H and O–H groups in total. The van der Waals surface area contributed by atoms with Crippen molar-refractivity contribution in [1.29, 1.82) is 0 Å². The Kier molecular flexibility index (Phi) is 5.81. The van der Waals surface area contributed by atoms with Crippen LogP contribution < -0.4 is 10.1 Å². The van der Waals surface area contributed by atoms with Gasteiger partial charge in [0, 0.05) is 31.6 Å². The third-order valence-electron chi connectivity index (χ3n) is 4.43. The molecule has 1 aliphatic carbocycles. The minimum Gasteiger partial charge on any atom is -0.435 e. The Labute approximate surface area is 140 Å². The molecule has 0 spiro atoms. The Hall–Kier alpha value is -1.40. The minimum atomic E-state index is -2.85. The quantitative estimate of drug-likeness (QED) is 0.911. The van der Waals surface area contributed by atoms with Crippen LogP contribution in [0.5, 0.6) is 5.75 Å². The van der Waals surface area contributed by atoms with Crippen LogP contribution in [-0.2, 0) is 4.79 Å². The molecule has 4 nitrogen and oxygen atoms in total. The Morgan fingerprint density at radius 2 is 2.13 bits per heavy atom. The van der Waals surface area contributed by atoms with Gasteiger partial charge in [-0.2, -0.15) is 8.78 Å². The van der Waals surface area contributed by atoms with Crippen molar-refractivity contribution in [2.75, 3.05) is 19.6 Å². The molecule has 2 aliphatic rings. The number of rotatable bonds is 4. The molecule has 0 aromatic heterocycles. The van der Waals surface area contributed by atoms with Crippen LogP contribution in [-0.4, -0.2) is 43.1 Å². The second-order valence-corrected chi connectivity index (χ2v) is 5.95. The predicted molar refractivity (Wildman–Crippen MR) is 85.2 cm³/mol. The van der Waals surface area contributed by atoms with Crippen molar-refractivity contribution >= 4 is 18.3 Å². The maximum Gasteiger partial charge on any atom is 0.387 e. The molecule has 1 amide bonds. The number of piperazine rings is 1. The van der Waals surface area contributed by atoms with Crippen LogP contribution in [0, 0.1) is 5.92 Å². The highest BCUT2D eigenvalue weighted by molar-refractivity contribution is 5.85. The van der Waals surface area contributed by atoms with E-state index in [1.165, 1.54) is 6.07 Å². The molecule has 7 heteroatoms. The molecule has 3 atom stereocenters. The molecule has 23 heavy (non-hydrogen) atoms. The number of nitrogens with zero attached hydrogens (tertiary/aromatic N) is 1. The minimum absolute atomic E-state index is 0. The third kappa shape index (κ3) is 3.93. The molecule has 1 aromatic carbocycles. The maximum atomic E-state index is 12.6. The summed E-state index contributed by atoms with van der Waals surface area (Å²) in [5.74, 6) is 0.199. The zero-order valence-corrected chi connectivity index (χ0v) is 13.7. The summed E-state index contributed by atoms with van der Waals surface area (Å²) < 4.78 is 29.5. The standard InChI is InChI=1S/C16H20F2N2O2.ClH/c1-10-9-19-6-7-20(10)15(21)13-8-12(13)11-4-2-3-5-14(11)22-16(17)18;/h2-5,10,12-13,16,19H,6-9H2,1H3;1H/t10-,12?,13?;/m0./s1. The van der Waals surface area contributed by atoms with Gasteiger partial charge in [-0.25, -0.2) is 0 Å². The molecule has 1 aromatic rings. The Balaban J connectivity index is 0.00000192. The van der Waals surface area contributed by atoms with Crippen molar-refractivity contribution in [1.82, 2.24) is 10.2 Å². The average molecular weight is 347 g/mol. The summed E-state index contributed by atoms with van der Waals surface area (Å²) in [5.41, 5.74) is 0.712. The fourth-order valence-corrected chi connectivity index (χ4v) is 3.18. The number of benzene rings is 1. The summed E-state index contributed by atoms with van der Waals surface area (Å²) in [6.07, 6.45) is 0.707. The van der Waals surface area contributed by atoms with E-state index >= 15 is 0 Å². The highest BCUT2D eigenvalue weighted by Gasteiger charge is 2.47. The van der Waals surface area contributed by atoms with Crippen molar-refractivity contribution in [3.8, 4) is 5.75 Å². The summed E-state index contributed by atoms with van der Waals surface area (Å²) in [4.78, 5) is 14.5. The fourth-order valence-electron chi connectivity index (χ4n) is 3.18. The number of nitrogens with one attached hydrogen (secondary N) is 1. The van der Waals surface area contributed by atoms with Crippen molar-refractivity contribution in [2.45, 2.75) is 31.9 Å². The number of carbonyl (C=O) groups is 1. The maximum absolute atomic E-state index is 12.6. The number of amides is 1. The molecule has 1 saturated carbocycles. The lowest BCUT2D eigenvalue weighted by atomic mass is 10.1. The Morgan fingerprint density at radius 3 is 2.83 bits per heavy atom. The number of halogens is 3. The Morgan fingerprint density at radius 1 is 1.39 bits per heavy atom. The van der Waals surface area contributed by atoms with E-state index in [9.17, 15) is 13.6 Å². The lowest BCUT2D eigenvalue weighted by molar-refractivity contribution is -0.135. The molecule has 128 valence electrons. The molecule has 0 radical (unpaired) electrons. The van der Waals surface area contributed by atoms with Crippen LogP contribution in [0.1, 0.15) is 24.8 Å². The van der Waals surface area contributed by atoms with Gasteiger partial charge in [-0.05, 0) is 30.9 Å². The highest BCUT2D eigenvalue weighted by atomic mass is 35.5. The van der Waals surface area contributed by atoms with Gasteiger partial charge in [0.05, 0.1) is 0 Å². The monoisotopic (exact) mass is 346 g/mol. The van der Waals surface area contributed by atoms with Crippen LogP contribution in [0.15, 0.2) is 24.3 Å². The number of hydrogen-bond acceptors (Lipinski definition) is 3. The largest absolute Gasteiger partial charge is 0.435 e.